The molecule has 2 aromatic heterocycles. The predicted molar refractivity (Wildman–Crippen MR) is 142 cm³/mol. The maximum absolute atomic E-state index is 13.5. The van der Waals surface area contributed by atoms with Crippen LogP contribution < -0.4 is 5.32 Å². The summed E-state index contributed by atoms with van der Waals surface area (Å²) in [6, 6.07) is 19.4. The molecule has 3 heterocycles. The number of nitriles is 1. The number of rotatable bonds is 5. The molecule has 2 atom stereocenters. The average Bonchev–Trinajstić information content (AvgIpc) is 3.56. The molecule has 1 aliphatic rings. The van der Waals surface area contributed by atoms with Crippen LogP contribution in [0.1, 0.15) is 23.1 Å². The molecular formula is C26H22BrN7OS. The van der Waals surface area contributed by atoms with Crippen molar-refractivity contribution < 1.29 is 4.79 Å². The van der Waals surface area contributed by atoms with E-state index in [1.807, 2.05) is 67.0 Å². The van der Waals surface area contributed by atoms with E-state index in [-0.39, 0.29) is 11.9 Å². The first kappa shape index (κ1) is 23.9. The van der Waals surface area contributed by atoms with Crippen LogP contribution in [0.2, 0.25) is 0 Å². The highest BCUT2D eigenvalue weighted by molar-refractivity contribution is 9.10. The second-order valence-corrected chi connectivity index (χ2v) is 10.7. The first-order valence-electron chi connectivity index (χ1n) is 11.2. The van der Waals surface area contributed by atoms with Crippen molar-refractivity contribution in [3.8, 4) is 22.9 Å². The van der Waals surface area contributed by atoms with Crippen LogP contribution in [0, 0.1) is 22.7 Å². The van der Waals surface area contributed by atoms with E-state index in [0.29, 0.717) is 17.7 Å². The number of benzene rings is 2. The van der Waals surface area contributed by atoms with Gasteiger partial charge < -0.3 is 5.32 Å². The van der Waals surface area contributed by atoms with Crippen molar-refractivity contribution in [2.75, 3.05) is 7.05 Å². The van der Waals surface area contributed by atoms with Crippen molar-refractivity contribution in [1.82, 2.24) is 25.2 Å². The van der Waals surface area contributed by atoms with Crippen molar-refractivity contribution in [2.24, 2.45) is 5.92 Å². The van der Waals surface area contributed by atoms with E-state index in [9.17, 15) is 10.1 Å². The molecular weight excluding hydrogens is 538 g/mol. The Morgan fingerprint density at radius 2 is 2.03 bits per heavy atom. The average molecular weight is 560 g/mol. The lowest BCUT2D eigenvalue weighted by atomic mass is 9.78. The van der Waals surface area contributed by atoms with Crippen LogP contribution in [0.5, 0.6) is 0 Å². The molecule has 5 rings (SSSR count). The quantitative estimate of drug-likeness (QED) is 0.368. The van der Waals surface area contributed by atoms with Gasteiger partial charge in [0.05, 0.1) is 40.7 Å². The number of halogens is 1. The third kappa shape index (κ3) is 4.32. The molecule has 0 aliphatic carbocycles. The number of carbonyl (C=O) groups is 1. The number of thiophene rings is 1. The van der Waals surface area contributed by atoms with Gasteiger partial charge in [-0.2, -0.15) is 5.26 Å². The lowest BCUT2D eigenvalue weighted by Crippen LogP contribution is -2.64. The number of hydrogen-bond acceptors (Lipinski definition) is 6. The fourth-order valence-electron chi connectivity index (χ4n) is 4.41. The van der Waals surface area contributed by atoms with E-state index in [0.717, 1.165) is 26.2 Å². The van der Waals surface area contributed by atoms with E-state index >= 15 is 0 Å². The summed E-state index contributed by atoms with van der Waals surface area (Å²) >= 11 is 5.01. The minimum absolute atomic E-state index is 0.0537. The van der Waals surface area contributed by atoms with Crippen LogP contribution in [0.25, 0.3) is 16.8 Å². The number of nitrogens with one attached hydrogen (secondary N) is 2. The molecule has 4 aromatic rings. The molecule has 36 heavy (non-hydrogen) atoms. The lowest BCUT2D eigenvalue weighted by molar-refractivity contribution is -0.135. The van der Waals surface area contributed by atoms with E-state index in [1.54, 1.807) is 17.8 Å². The van der Waals surface area contributed by atoms with Crippen molar-refractivity contribution >= 4 is 39.1 Å². The van der Waals surface area contributed by atoms with Crippen LogP contribution in [-0.4, -0.2) is 38.8 Å². The zero-order valence-electron chi connectivity index (χ0n) is 19.6. The fraction of sp³-hybridized carbons (Fsp3) is 0.192. The number of aromatic nitrogens is 3. The number of carbonyl (C=O) groups excluding carboxylic acids is 1. The lowest BCUT2D eigenvalue weighted by Gasteiger charge is -2.44. The summed E-state index contributed by atoms with van der Waals surface area (Å²) in [5, 5.41) is 31.6. The van der Waals surface area contributed by atoms with Crippen LogP contribution in [0.3, 0.4) is 0 Å². The Kier molecular flexibility index (Phi) is 6.20. The van der Waals surface area contributed by atoms with Crippen molar-refractivity contribution in [2.45, 2.75) is 18.9 Å². The van der Waals surface area contributed by atoms with E-state index in [4.69, 9.17) is 5.41 Å². The van der Waals surface area contributed by atoms with Gasteiger partial charge in [-0.1, -0.05) is 39.3 Å². The van der Waals surface area contributed by atoms with Gasteiger partial charge in [0.1, 0.15) is 0 Å². The summed E-state index contributed by atoms with van der Waals surface area (Å²) < 4.78 is 2.63. The van der Waals surface area contributed by atoms with Gasteiger partial charge in [0.15, 0.2) is 5.96 Å². The first-order chi connectivity index (χ1) is 17.3. The molecule has 10 heteroatoms. The number of nitrogens with zero attached hydrogens (tertiary/aromatic N) is 5. The third-order valence-electron chi connectivity index (χ3n) is 6.50. The number of guanidine groups is 1. The zero-order valence-corrected chi connectivity index (χ0v) is 22.0. The topological polar surface area (TPSA) is 111 Å². The molecule has 1 aliphatic heterocycles. The van der Waals surface area contributed by atoms with Gasteiger partial charge in [-0.05, 0) is 59.8 Å². The molecule has 0 bridgehead atoms. The standard InChI is InChI=1S/C26H22BrN7OS/c1-26(23-10-18(15-36-23)17-6-3-5-16(9-17)13-28)22(24(35)33(2)25(29)30-26)12-20-14-34(32-31-20)21-8-4-7-19(27)11-21/h3-11,14-15,22H,12H2,1-2H3,(H2,29,30)/t22-,26+/m1/s1. The summed E-state index contributed by atoms with van der Waals surface area (Å²) in [6.45, 7) is 1.96. The molecule has 2 N–H and O–H groups in total. The van der Waals surface area contributed by atoms with Gasteiger partial charge in [-0.3, -0.25) is 15.1 Å². The molecule has 2 aromatic carbocycles. The normalized spacial score (nSPS) is 19.7. The van der Waals surface area contributed by atoms with Crippen LogP contribution >= 0.6 is 27.3 Å². The largest absolute Gasteiger partial charge is 0.345 e. The van der Waals surface area contributed by atoms with Crippen LogP contribution in [-0.2, 0) is 16.8 Å². The molecule has 0 unspecified atom stereocenters. The second kappa shape index (κ2) is 9.33. The molecule has 1 saturated heterocycles. The van der Waals surface area contributed by atoms with Crippen LogP contribution in [0.15, 0.2) is 70.6 Å². The predicted octanol–water partition coefficient (Wildman–Crippen LogP) is 4.70. The Morgan fingerprint density at radius 1 is 1.22 bits per heavy atom. The van der Waals surface area contributed by atoms with Gasteiger partial charge >= 0.3 is 0 Å². The van der Waals surface area contributed by atoms with E-state index in [1.165, 1.54) is 16.2 Å². The SMILES string of the molecule is CN1C(=N)N[C@](C)(c2cc(-c3cccc(C#N)c3)cs2)[C@H](Cc2cn(-c3cccc(Br)c3)nn2)C1=O. The van der Waals surface area contributed by atoms with Gasteiger partial charge in [0.25, 0.3) is 0 Å². The Hall–Kier alpha value is -3.81. The minimum atomic E-state index is -0.823. The van der Waals surface area contributed by atoms with Crippen molar-refractivity contribution in [3.63, 3.8) is 0 Å². The zero-order chi connectivity index (χ0) is 25.4. The summed E-state index contributed by atoms with van der Waals surface area (Å²) in [6.07, 6.45) is 2.19. The summed E-state index contributed by atoms with van der Waals surface area (Å²) in [5.41, 5.74) is 3.21. The highest BCUT2D eigenvalue weighted by Crippen LogP contribution is 2.41. The molecule has 180 valence electrons. The molecule has 8 nitrogen and oxygen atoms in total. The molecule has 0 saturated carbocycles. The minimum Gasteiger partial charge on any atom is -0.345 e. The first-order valence-corrected chi connectivity index (χ1v) is 12.9. The fourth-order valence-corrected chi connectivity index (χ4v) is 5.89. The van der Waals surface area contributed by atoms with Crippen molar-refractivity contribution in [1.29, 1.82) is 10.7 Å². The van der Waals surface area contributed by atoms with E-state index < -0.39 is 11.5 Å². The molecule has 0 spiro atoms. The van der Waals surface area contributed by atoms with E-state index in [2.05, 4.69) is 37.6 Å². The highest BCUT2D eigenvalue weighted by atomic mass is 79.9. The van der Waals surface area contributed by atoms with Crippen molar-refractivity contribution in [3.05, 3.63) is 86.8 Å². The molecule has 0 radical (unpaired) electrons. The Morgan fingerprint density at radius 3 is 2.81 bits per heavy atom. The van der Waals surface area contributed by atoms with Gasteiger partial charge in [-0.15, -0.1) is 16.4 Å². The molecule has 1 amide bonds. The third-order valence-corrected chi connectivity index (χ3v) is 8.16. The monoisotopic (exact) mass is 559 g/mol. The maximum atomic E-state index is 13.5. The Bertz CT molecular complexity index is 1520. The Balaban J connectivity index is 1.49. The summed E-state index contributed by atoms with van der Waals surface area (Å²) in [7, 11) is 1.61. The number of hydrogen-bond donors (Lipinski definition) is 2. The van der Waals surface area contributed by atoms with Gasteiger partial charge in [0, 0.05) is 22.8 Å². The van der Waals surface area contributed by atoms with Gasteiger partial charge in [-0.25, -0.2) is 4.68 Å². The highest BCUT2D eigenvalue weighted by Gasteiger charge is 2.48. The maximum Gasteiger partial charge on any atom is 0.235 e. The summed E-state index contributed by atoms with van der Waals surface area (Å²) in [5.74, 6) is -0.612. The molecule has 1 fully saturated rings. The van der Waals surface area contributed by atoms with Crippen LogP contribution in [0.4, 0.5) is 0 Å². The smallest absolute Gasteiger partial charge is 0.235 e. The summed E-state index contributed by atoms with van der Waals surface area (Å²) in [4.78, 5) is 15.7. The second-order valence-electron chi connectivity index (χ2n) is 8.86. The number of amides is 1. The van der Waals surface area contributed by atoms with Gasteiger partial charge in [0.2, 0.25) is 5.91 Å². The Labute approximate surface area is 220 Å².